The smallest absolute Gasteiger partial charge is 0.145 e. The van der Waals surface area contributed by atoms with Crippen molar-refractivity contribution >= 4 is 11.5 Å². The van der Waals surface area contributed by atoms with Crippen LogP contribution < -0.4 is 15.8 Å². The third-order valence-electron chi connectivity index (χ3n) is 3.67. The van der Waals surface area contributed by atoms with Crippen molar-refractivity contribution in [1.82, 2.24) is 15.2 Å². The maximum Gasteiger partial charge on any atom is 0.145 e. The molecular weight excluding hydrogens is 290 g/mol. The summed E-state index contributed by atoms with van der Waals surface area (Å²) >= 11 is 0. The van der Waals surface area contributed by atoms with Crippen molar-refractivity contribution in [2.45, 2.75) is 25.7 Å². The van der Waals surface area contributed by atoms with Crippen molar-refractivity contribution in [3.63, 3.8) is 0 Å². The number of aliphatic imine (C=N–C) groups is 1. The Kier molecular flexibility index (Phi) is 4.43. The van der Waals surface area contributed by atoms with Gasteiger partial charge in [-0.3, -0.25) is 10.3 Å². The number of nitrogens with two attached hydrogens (primary N) is 1. The van der Waals surface area contributed by atoms with Crippen LogP contribution in [0.1, 0.15) is 13.3 Å². The van der Waals surface area contributed by atoms with Gasteiger partial charge in [-0.25, -0.2) is 4.98 Å². The lowest BCUT2D eigenvalue weighted by Crippen LogP contribution is -2.46. The van der Waals surface area contributed by atoms with Gasteiger partial charge in [0.2, 0.25) is 0 Å². The summed E-state index contributed by atoms with van der Waals surface area (Å²) in [5.74, 6) is 1.90. The molecule has 1 aromatic rings. The fourth-order valence-electron chi connectivity index (χ4n) is 2.45. The molecule has 0 saturated heterocycles. The third kappa shape index (κ3) is 3.98. The number of rotatable bonds is 4. The summed E-state index contributed by atoms with van der Waals surface area (Å²) in [5.41, 5.74) is 6.62. The second-order valence-corrected chi connectivity index (χ2v) is 5.61. The van der Waals surface area contributed by atoms with E-state index >= 15 is 0 Å². The first-order valence-electron chi connectivity index (χ1n) is 7.58. The van der Waals surface area contributed by atoms with Crippen LogP contribution in [0.2, 0.25) is 0 Å². The second-order valence-electron chi connectivity index (χ2n) is 5.61. The Morgan fingerprint density at radius 1 is 1.35 bits per heavy atom. The summed E-state index contributed by atoms with van der Waals surface area (Å²) < 4.78 is 5.84. The summed E-state index contributed by atoms with van der Waals surface area (Å²) in [6.07, 6.45) is 12.7. The average Bonchev–Trinajstić information content (AvgIpc) is 2.53. The molecule has 2 atom stereocenters. The summed E-state index contributed by atoms with van der Waals surface area (Å²) in [4.78, 5) is 10.7. The summed E-state index contributed by atoms with van der Waals surface area (Å²) in [6.45, 7) is 2.01. The molecular formula is C17H21N5O. The maximum atomic E-state index is 5.84. The molecule has 0 radical (unpaired) electrons. The number of hydrogen-bond donors (Lipinski definition) is 2. The van der Waals surface area contributed by atoms with Gasteiger partial charge in [-0.1, -0.05) is 6.08 Å². The van der Waals surface area contributed by atoms with E-state index in [-0.39, 0.29) is 12.3 Å². The van der Waals surface area contributed by atoms with Gasteiger partial charge in [0.25, 0.3) is 0 Å². The minimum Gasteiger partial charge on any atom is -0.456 e. The minimum absolute atomic E-state index is 0.0183. The molecule has 0 spiro atoms. The summed E-state index contributed by atoms with van der Waals surface area (Å²) in [5, 5.41) is 3.51. The molecule has 23 heavy (non-hydrogen) atoms. The van der Waals surface area contributed by atoms with Crippen molar-refractivity contribution in [2.24, 2.45) is 4.99 Å². The number of anilines is 1. The quantitative estimate of drug-likeness (QED) is 0.890. The molecule has 0 fully saturated rings. The molecule has 120 valence electrons. The molecule has 6 nitrogen and oxygen atoms in total. The molecule has 0 aromatic carbocycles. The van der Waals surface area contributed by atoms with Crippen LogP contribution in [-0.4, -0.2) is 35.0 Å². The Hall–Kier alpha value is -2.60. The SMILES string of the molecule is CC1=NC(NC2C=C(Oc3ccc(N)nc3)C=CN2C)CC=C1. The van der Waals surface area contributed by atoms with Gasteiger partial charge in [0.15, 0.2) is 0 Å². The predicted octanol–water partition coefficient (Wildman–Crippen LogP) is 2.05. The van der Waals surface area contributed by atoms with Gasteiger partial charge >= 0.3 is 0 Å². The van der Waals surface area contributed by atoms with Gasteiger partial charge in [0, 0.05) is 25.4 Å². The van der Waals surface area contributed by atoms with E-state index in [1.807, 2.05) is 38.4 Å². The van der Waals surface area contributed by atoms with Gasteiger partial charge in [0.05, 0.1) is 6.20 Å². The molecule has 2 unspecified atom stereocenters. The van der Waals surface area contributed by atoms with Crippen molar-refractivity contribution in [3.8, 4) is 5.75 Å². The highest BCUT2D eigenvalue weighted by Crippen LogP contribution is 2.18. The largest absolute Gasteiger partial charge is 0.456 e. The van der Waals surface area contributed by atoms with Crippen LogP contribution in [0.25, 0.3) is 0 Å². The van der Waals surface area contributed by atoms with E-state index in [1.54, 1.807) is 18.3 Å². The molecule has 3 rings (SSSR count). The molecule has 2 aliphatic heterocycles. The van der Waals surface area contributed by atoms with Crippen molar-refractivity contribution in [2.75, 3.05) is 12.8 Å². The zero-order valence-corrected chi connectivity index (χ0v) is 13.3. The minimum atomic E-state index is 0.0183. The number of dihydropyridines is 1. The standard InChI is InChI=1S/C17H21N5O/c1-12-4-3-5-16(20-12)21-17-10-13(8-9-22(17)2)23-14-6-7-15(18)19-11-14/h3-4,6-11,16-17,21H,5H2,1-2H3,(H2,18,19). The third-order valence-corrected chi connectivity index (χ3v) is 3.67. The molecule has 0 aliphatic carbocycles. The molecule has 0 saturated carbocycles. The first kappa shape index (κ1) is 15.3. The Balaban J connectivity index is 1.68. The highest BCUT2D eigenvalue weighted by molar-refractivity contribution is 5.93. The monoisotopic (exact) mass is 311 g/mol. The van der Waals surface area contributed by atoms with E-state index < -0.39 is 0 Å². The molecule has 1 aromatic heterocycles. The normalized spacial score (nSPS) is 23.5. The number of hydrogen-bond acceptors (Lipinski definition) is 6. The molecule has 3 heterocycles. The molecule has 3 N–H and O–H groups in total. The predicted molar refractivity (Wildman–Crippen MR) is 91.8 cm³/mol. The number of nitrogens with zero attached hydrogens (tertiary/aromatic N) is 3. The number of ether oxygens (including phenoxy) is 1. The van der Waals surface area contributed by atoms with Crippen molar-refractivity contribution < 1.29 is 4.74 Å². The first-order chi connectivity index (χ1) is 11.1. The van der Waals surface area contributed by atoms with Gasteiger partial charge in [-0.05, 0) is 37.3 Å². The Morgan fingerprint density at radius 3 is 2.96 bits per heavy atom. The highest BCUT2D eigenvalue weighted by Gasteiger charge is 2.19. The zero-order chi connectivity index (χ0) is 16.2. The Morgan fingerprint density at radius 2 is 2.22 bits per heavy atom. The highest BCUT2D eigenvalue weighted by atomic mass is 16.5. The van der Waals surface area contributed by atoms with E-state index in [1.165, 1.54) is 0 Å². The van der Waals surface area contributed by atoms with E-state index in [0.717, 1.165) is 17.9 Å². The number of allylic oxidation sites excluding steroid dienone is 2. The summed E-state index contributed by atoms with van der Waals surface area (Å²) in [6, 6.07) is 3.52. The number of aromatic nitrogens is 1. The molecule has 0 amide bonds. The van der Waals surface area contributed by atoms with Crippen LogP contribution in [0.3, 0.4) is 0 Å². The molecule has 6 heteroatoms. The maximum absolute atomic E-state index is 5.84. The fraction of sp³-hybridized carbons (Fsp3) is 0.294. The van der Waals surface area contributed by atoms with Crippen LogP contribution >= 0.6 is 0 Å². The van der Waals surface area contributed by atoms with Gasteiger partial charge in [-0.2, -0.15) is 0 Å². The van der Waals surface area contributed by atoms with Gasteiger partial charge in [0.1, 0.15) is 29.7 Å². The van der Waals surface area contributed by atoms with Gasteiger partial charge in [-0.15, -0.1) is 0 Å². The lowest BCUT2D eigenvalue weighted by molar-refractivity contribution is 0.282. The van der Waals surface area contributed by atoms with E-state index in [2.05, 4.69) is 26.3 Å². The van der Waals surface area contributed by atoms with Crippen LogP contribution in [-0.2, 0) is 0 Å². The zero-order valence-electron chi connectivity index (χ0n) is 13.3. The van der Waals surface area contributed by atoms with Crippen LogP contribution in [0, 0.1) is 0 Å². The van der Waals surface area contributed by atoms with Crippen LogP contribution in [0.5, 0.6) is 5.75 Å². The lowest BCUT2D eigenvalue weighted by Gasteiger charge is -2.31. The molecule has 0 bridgehead atoms. The number of likely N-dealkylation sites (N-methyl/N-ethyl adjacent to an activating group) is 1. The topological polar surface area (TPSA) is 75.8 Å². The van der Waals surface area contributed by atoms with Crippen molar-refractivity contribution in [1.29, 1.82) is 0 Å². The van der Waals surface area contributed by atoms with E-state index in [9.17, 15) is 0 Å². The van der Waals surface area contributed by atoms with E-state index in [4.69, 9.17) is 10.5 Å². The van der Waals surface area contributed by atoms with E-state index in [0.29, 0.717) is 11.6 Å². The average molecular weight is 311 g/mol. The Bertz CT molecular complexity index is 675. The summed E-state index contributed by atoms with van der Waals surface area (Å²) in [7, 11) is 2.02. The Labute approximate surface area is 136 Å². The first-order valence-corrected chi connectivity index (χ1v) is 7.58. The number of nitrogens with one attached hydrogen (secondary N) is 1. The van der Waals surface area contributed by atoms with Crippen molar-refractivity contribution in [3.05, 3.63) is 54.6 Å². The fourth-order valence-corrected chi connectivity index (χ4v) is 2.45. The van der Waals surface area contributed by atoms with Gasteiger partial charge < -0.3 is 15.4 Å². The number of pyridine rings is 1. The van der Waals surface area contributed by atoms with Crippen LogP contribution in [0.4, 0.5) is 5.82 Å². The van der Waals surface area contributed by atoms with Crippen LogP contribution in [0.15, 0.2) is 59.6 Å². The lowest BCUT2D eigenvalue weighted by atomic mass is 10.2. The molecule has 2 aliphatic rings. The second kappa shape index (κ2) is 6.66. The number of nitrogen functional groups attached to an aromatic ring is 1.